The van der Waals surface area contributed by atoms with Crippen LogP contribution < -0.4 is 5.32 Å². The molecule has 2 nitrogen and oxygen atoms in total. The van der Waals surface area contributed by atoms with Gasteiger partial charge in [0.05, 0.1) is 0 Å². The number of alkyl halides is 1. The van der Waals surface area contributed by atoms with Gasteiger partial charge in [-0.3, -0.25) is 4.79 Å². The minimum atomic E-state index is -1.35. The summed E-state index contributed by atoms with van der Waals surface area (Å²) in [6.45, 7) is 7.48. The number of hydrogen-bond acceptors (Lipinski definition) is 1. The van der Waals surface area contributed by atoms with Crippen LogP contribution in [0.2, 0.25) is 0 Å². The van der Waals surface area contributed by atoms with Crippen LogP contribution in [0.3, 0.4) is 0 Å². The molecule has 19 heavy (non-hydrogen) atoms. The fraction of sp³-hybridized carbons (Fsp3) is 0.812. The highest BCUT2D eigenvalue weighted by atomic mass is 19.1. The summed E-state index contributed by atoms with van der Waals surface area (Å²) >= 11 is 0. The van der Waals surface area contributed by atoms with Gasteiger partial charge in [0.25, 0.3) is 0 Å². The summed E-state index contributed by atoms with van der Waals surface area (Å²) in [5, 5.41) is 2.96. The Bertz CT molecular complexity index is 370. The van der Waals surface area contributed by atoms with E-state index < -0.39 is 5.67 Å². The van der Waals surface area contributed by atoms with Gasteiger partial charge >= 0.3 is 0 Å². The van der Waals surface area contributed by atoms with Crippen molar-refractivity contribution in [2.45, 2.75) is 77.4 Å². The molecule has 0 heterocycles. The van der Waals surface area contributed by atoms with E-state index >= 15 is 0 Å². The third-order valence-corrected chi connectivity index (χ3v) is 3.34. The van der Waals surface area contributed by atoms with E-state index in [1.165, 1.54) is 0 Å². The van der Waals surface area contributed by atoms with E-state index in [2.05, 4.69) is 17.2 Å². The lowest BCUT2D eigenvalue weighted by molar-refractivity contribution is -0.122. The fourth-order valence-electron chi connectivity index (χ4n) is 2.31. The molecule has 0 radical (unpaired) electrons. The molecular weight excluding hydrogens is 241 g/mol. The number of hydrogen-bond donors (Lipinski definition) is 1. The molecule has 1 aliphatic rings. The van der Waals surface area contributed by atoms with Crippen LogP contribution in [-0.2, 0) is 4.79 Å². The molecule has 3 heteroatoms. The molecule has 1 N–H and O–H groups in total. The first-order chi connectivity index (χ1) is 8.68. The van der Waals surface area contributed by atoms with Crippen molar-refractivity contribution in [3.8, 4) is 11.8 Å². The second-order valence-electron chi connectivity index (χ2n) is 6.78. The molecule has 0 saturated heterocycles. The maximum absolute atomic E-state index is 13.9. The Balaban J connectivity index is 2.38. The Kier molecular flexibility index (Phi) is 5.40. The molecule has 2 unspecified atom stereocenters. The third-order valence-electron chi connectivity index (χ3n) is 3.34. The van der Waals surface area contributed by atoms with Gasteiger partial charge in [-0.1, -0.05) is 11.8 Å². The molecular formula is C16H26FNO. The van der Waals surface area contributed by atoms with E-state index in [1.807, 2.05) is 20.8 Å². The normalized spacial score (nSPS) is 27.7. The van der Waals surface area contributed by atoms with Crippen molar-refractivity contribution in [1.82, 2.24) is 5.32 Å². The first-order valence-corrected chi connectivity index (χ1v) is 7.18. The first kappa shape index (κ1) is 16.0. The van der Waals surface area contributed by atoms with Gasteiger partial charge in [-0.15, -0.1) is 0 Å². The van der Waals surface area contributed by atoms with Crippen LogP contribution in [0.1, 0.15) is 66.2 Å². The van der Waals surface area contributed by atoms with E-state index in [9.17, 15) is 9.18 Å². The highest BCUT2D eigenvalue weighted by molar-refractivity contribution is 5.76. The standard InChI is InChI=1S/C16H26FNO/c1-15(2,3)18-14(19)9-8-13-7-5-6-11-16(4,17)12-10-13/h13H,5,7-10,12H2,1-4H3,(H,18,19). The zero-order chi connectivity index (χ0) is 14.5. The largest absolute Gasteiger partial charge is 0.352 e. The van der Waals surface area contributed by atoms with Gasteiger partial charge < -0.3 is 5.32 Å². The monoisotopic (exact) mass is 267 g/mol. The van der Waals surface area contributed by atoms with Gasteiger partial charge in [-0.25, -0.2) is 4.39 Å². The predicted molar refractivity (Wildman–Crippen MR) is 76.4 cm³/mol. The first-order valence-electron chi connectivity index (χ1n) is 7.18. The highest BCUT2D eigenvalue weighted by Gasteiger charge is 2.24. The maximum Gasteiger partial charge on any atom is 0.220 e. The van der Waals surface area contributed by atoms with Crippen molar-refractivity contribution in [1.29, 1.82) is 0 Å². The van der Waals surface area contributed by atoms with Gasteiger partial charge in [0.2, 0.25) is 5.91 Å². The van der Waals surface area contributed by atoms with E-state index in [0.29, 0.717) is 18.8 Å². The van der Waals surface area contributed by atoms with Crippen molar-refractivity contribution in [2.24, 2.45) is 5.92 Å². The van der Waals surface area contributed by atoms with E-state index in [0.717, 1.165) is 25.7 Å². The molecule has 0 saturated carbocycles. The minimum Gasteiger partial charge on any atom is -0.352 e. The van der Waals surface area contributed by atoms with E-state index in [-0.39, 0.29) is 11.4 Å². The smallest absolute Gasteiger partial charge is 0.220 e. The number of nitrogens with one attached hydrogen (secondary N) is 1. The molecule has 0 spiro atoms. The summed E-state index contributed by atoms with van der Waals surface area (Å²) in [4.78, 5) is 11.8. The summed E-state index contributed by atoms with van der Waals surface area (Å²) < 4.78 is 13.9. The van der Waals surface area contributed by atoms with Crippen LogP contribution in [0.5, 0.6) is 0 Å². The van der Waals surface area contributed by atoms with Crippen LogP contribution in [0.4, 0.5) is 4.39 Å². The average Bonchev–Trinajstić information content (AvgIpc) is 2.21. The molecule has 2 atom stereocenters. The van der Waals surface area contributed by atoms with Gasteiger partial charge in [0.1, 0.15) is 0 Å². The van der Waals surface area contributed by atoms with Crippen LogP contribution >= 0.6 is 0 Å². The van der Waals surface area contributed by atoms with Gasteiger partial charge in [0, 0.05) is 18.4 Å². The third kappa shape index (κ3) is 7.20. The number of halogens is 1. The maximum atomic E-state index is 13.9. The van der Waals surface area contributed by atoms with Gasteiger partial charge in [-0.05, 0) is 59.3 Å². The van der Waals surface area contributed by atoms with E-state index in [1.54, 1.807) is 6.92 Å². The lowest BCUT2D eigenvalue weighted by atomic mass is 9.87. The van der Waals surface area contributed by atoms with Crippen molar-refractivity contribution in [3.63, 3.8) is 0 Å². The van der Waals surface area contributed by atoms with Crippen molar-refractivity contribution in [2.75, 3.05) is 0 Å². The topological polar surface area (TPSA) is 29.1 Å². The molecule has 0 bridgehead atoms. The zero-order valence-electron chi connectivity index (χ0n) is 12.6. The van der Waals surface area contributed by atoms with Gasteiger partial charge in [0.15, 0.2) is 5.67 Å². The molecule has 0 fully saturated rings. The van der Waals surface area contributed by atoms with Crippen LogP contribution in [0, 0.1) is 17.8 Å². The lowest BCUT2D eigenvalue weighted by Crippen LogP contribution is -2.40. The molecule has 108 valence electrons. The Morgan fingerprint density at radius 3 is 2.74 bits per heavy atom. The van der Waals surface area contributed by atoms with E-state index in [4.69, 9.17) is 0 Å². The van der Waals surface area contributed by atoms with Gasteiger partial charge in [-0.2, -0.15) is 0 Å². The number of rotatable bonds is 3. The second kappa shape index (κ2) is 6.41. The minimum absolute atomic E-state index is 0.0867. The summed E-state index contributed by atoms with van der Waals surface area (Å²) in [6, 6.07) is 0. The Hall–Kier alpha value is -1.04. The summed E-state index contributed by atoms with van der Waals surface area (Å²) in [5.74, 6) is 6.09. The SMILES string of the molecule is CC1(F)C#CCCC(CCC(=O)NC(C)(C)C)CC1. The van der Waals surface area contributed by atoms with Crippen LogP contribution in [-0.4, -0.2) is 17.1 Å². The number of amides is 1. The molecule has 1 rings (SSSR count). The average molecular weight is 267 g/mol. The Morgan fingerprint density at radius 2 is 2.11 bits per heavy atom. The summed E-state index contributed by atoms with van der Waals surface area (Å²) in [5.41, 5.74) is -1.53. The molecule has 0 aromatic heterocycles. The fourth-order valence-corrected chi connectivity index (χ4v) is 2.31. The van der Waals surface area contributed by atoms with Crippen molar-refractivity contribution < 1.29 is 9.18 Å². The van der Waals surface area contributed by atoms with Crippen molar-refractivity contribution in [3.05, 3.63) is 0 Å². The molecule has 0 aliphatic heterocycles. The van der Waals surface area contributed by atoms with Crippen LogP contribution in [0.25, 0.3) is 0 Å². The second-order valence-corrected chi connectivity index (χ2v) is 6.78. The number of carbonyl (C=O) groups excluding carboxylic acids is 1. The Labute approximate surface area is 116 Å². The predicted octanol–water partition coefficient (Wildman–Crippen LogP) is 3.60. The van der Waals surface area contributed by atoms with Crippen LogP contribution in [0.15, 0.2) is 0 Å². The zero-order valence-corrected chi connectivity index (χ0v) is 12.6. The lowest BCUT2D eigenvalue weighted by Gasteiger charge is -2.23. The molecule has 0 aromatic carbocycles. The highest BCUT2D eigenvalue weighted by Crippen LogP contribution is 2.27. The molecule has 1 amide bonds. The Morgan fingerprint density at radius 1 is 1.42 bits per heavy atom. The summed E-state index contributed by atoms with van der Waals surface area (Å²) in [7, 11) is 0. The van der Waals surface area contributed by atoms with Crippen molar-refractivity contribution >= 4 is 5.91 Å². The number of carbonyl (C=O) groups is 1. The molecule has 0 aromatic rings. The summed E-state index contributed by atoms with van der Waals surface area (Å²) in [6.07, 6.45) is 4.38. The molecule has 1 aliphatic carbocycles. The quantitative estimate of drug-likeness (QED) is 0.778.